The fourth-order valence-electron chi connectivity index (χ4n) is 6.60. The van der Waals surface area contributed by atoms with Gasteiger partial charge < -0.3 is 10.6 Å². The van der Waals surface area contributed by atoms with E-state index in [2.05, 4.69) is 31.2 Å². The molecule has 0 spiro atoms. The highest BCUT2D eigenvalue weighted by Crippen LogP contribution is 2.54. The number of halogens is 5. The monoisotopic (exact) mass is 694 g/mol. The van der Waals surface area contributed by atoms with Gasteiger partial charge >= 0.3 is 6.18 Å². The number of carbonyl (C=O) groups is 2. The lowest BCUT2D eigenvalue weighted by atomic mass is 9.80. The van der Waals surface area contributed by atoms with Crippen LogP contribution in [-0.4, -0.2) is 60.3 Å². The maximum atomic E-state index is 14.1. The van der Waals surface area contributed by atoms with Crippen LogP contribution in [0, 0.1) is 23.2 Å². The van der Waals surface area contributed by atoms with E-state index in [1.54, 1.807) is 16.2 Å². The van der Waals surface area contributed by atoms with Crippen LogP contribution in [0.5, 0.6) is 0 Å². The van der Waals surface area contributed by atoms with Crippen LogP contribution in [0.3, 0.4) is 0 Å². The van der Waals surface area contributed by atoms with Gasteiger partial charge in [-0.2, -0.15) is 23.4 Å². The zero-order valence-corrected chi connectivity index (χ0v) is 28.7. The highest BCUT2D eigenvalue weighted by molar-refractivity contribution is 5.91. The number of hydrogen-bond acceptors (Lipinski definition) is 6. The Morgan fingerprint density at radius 3 is 2.24 bits per heavy atom. The molecule has 2 fully saturated rings. The van der Waals surface area contributed by atoms with E-state index in [9.17, 15) is 31.5 Å². The number of hydrogen-bond donors (Lipinski definition) is 2. The van der Waals surface area contributed by atoms with Gasteiger partial charge in [0.15, 0.2) is 11.5 Å². The minimum absolute atomic E-state index is 0.0194. The molecule has 2 amide bonds. The van der Waals surface area contributed by atoms with Crippen molar-refractivity contribution < 1.29 is 31.5 Å². The Morgan fingerprint density at radius 1 is 1.04 bits per heavy atom. The van der Waals surface area contributed by atoms with Gasteiger partial charge in [-0.25, -0.2) is 27.9 Å². The Labute approximate surface area is 283 Å². The SMILES string of the molecule is CCC(C)(CC)CCc1nc(C(=O)NC(c2cn3ncc(C(CC(F)F)C(=O)NCC(F)(F)F)cc3n2)C(C2CC2)C2CC2)n(C(C)C)n1. The van der Waals surface area contributed by atoms with Crippen LogP contribution in [0.2, 0.25) is 0 Å². The predicted molar refractivity (Wildman–Crippen MR) is 172 cm³/mol. The van der Waals surface area contributed by atoms with E-state index in [1.165, 1.54) is 16.8 Å². The molecule has 0 radical (unpaired) electrons. The van der Waals surface area contributed by atoms with Crippen molar-refractivity contribution in [1.82, 2.24) is 40.0 Å². The standard InChI is InChI=1S/C34H47F5N8O2/c1-6-33(5,7-2)13-12-26-43-30(47(45-26)19(3)4)32(49)44-29(28(20-8-9-20)21-10-11-21)24-17-46-27(42-24)14-22(16-41-46)23(15-25(35)36)31(48)40-18-34(37,38)39/h14,16-17,19-21,23,25,28-29H,6-13,15,18H2,1-5H3,(H,40,48)(H,44,49). The van der Waals surface area contributed by atoms with Crippen molar-refractivity contribution in [2.75, 3.05) is 6.54 Å². The zero-order valence-electron chi connectivity index (χ0n) is 28.7. The molecule has 2 unspecified atom stereocenters. The molecule has 2 aliphatic carbocycles. The highest BCUT2D eigenvalue weighted by Gasteiger charge is 2.47. The summed E-state index contributed by atoms with van der Waals surface area (Å²) < 4.78 is 68.3. The van der Waals surface area contributed by atoms with Gasteiger partial charge in [0.05, 0.1) is 30.0 Å². The fourth-order valence-corrected chi connectivity index (χ4v) is 6.60. The lowest BCUT2D eigenvalue weighted by Crippen LogP contribution is -2.37. The molecule has 3 heterocycles. The molecule has 0 bridgehead atoms. The largest absolute Gasteiger partial charge is 0.405 e. The number of fused-ring (bicyclic) bond motifs is 1. The topological polar surface area (TPSA) is 119 Å². The quantitative estimate of drug-likeness (QED) is 0.147. The molecule has 5 rings (SSSR count). The third-order valence-corrected chi connectivity index (χ3v) is 10.3. The molecule has 49 heavy (non-hydrogen) atoms. The van der Waals surface area contributed by atoms with Crippen LogP contribution in [-0.2, 0) is 11.2 Å². The summed E-state index contributed by atoms with van der Waals surface area (Å²) in [6, 6.07) is 0.772. The molecular formula is C34H47F5N8O2. The number of amides is 2. The van der Waals surface area contributed by atoms with Gasteiger partial charge in [0.25, 0.3) is 5.91 Å². The summed E-state index contributed by atoms with van der Waals surface area (Å²) in [5.41, 5.74) is 0.918. The van der Waals surface area contributed by atoms with Gasteiger partial charge in [-0.05, 0) is 80.8 Å². The summed E-state index contributed by atoms with van der Waals surface area (Å²) in [6.07, 6.45) is 1.99. The Kier molecular flexibility index (Phi) is 11.0. The second-order valence-electron chi connectivity index (χ2n) is 14.4. The Bertz CT molecular complexity index is 1600. The highest BCUT2D eigenvalue weighted by atomic mass is 19.4. The Morgan fingerprint density at radius 2 is 1.69 bits per heavy atom. The molecule has 2 atom stereocenters. The van der Waals surface area contributed by atoms with Crippen LogP contribution in [0.25, 0.3) is 5.65 Å². The van der Waals surface area contributed by atoms with Crippen molar-refractivity contribution in [3.63, 3.8) is 0 Å². The first-order valence-electron chi connectivity index (χ1n) is 17.4. The van der Waals surface area contributed by atoms with E-state index < -0.39 is 43.4 Å². The van der Waals surface area contributed by atoms with Crippen LogP contribution >= 0.6 is 0 Å². The number of imidazole rings is 1. The van der Waals surface area contributed by atoms with Gasteiger partial charge in [-0.3, -0.25) is 9.59 Å². The molecule has 0 aromatic carbocycles. The number of rotatable bonds is 17. The maximum absolute atomic E-state index is 14.1. The third kappa shape index (κ3) is 9.13. The minimum atomic E-state index is -4.69. The van der Waals surface area contributed by atoms with Crippen LogP contribution < -0.4 is 10.6 Å². The van der Waals surface area contributed by atoms with Crippen LogP contribution in [0.1, 0.15) is 132 Å². The molecule has 2 aliphatic rings. The predicted octanol–water partition coefficient (Wildman–Crippen LogP) is 6.99. The molecular weight excluding hydrogens is 647 g/mol. The van der Waals surface area contributed by atoms with Crippen molar-refractivity contribution in [2.24, 2.45) is 23.2 Å². The normalized spacial score (nSPS) is 16.9. The molecule has 15 heteroatoms. The summed E-state index contributed by atoms with van der Waals surface area (Å²) >= 11 is 0. The van der Waals surface area contributed by atoms with E-state index in [0.29, 0.717) is 29.8 Å². The number of aromatic nitrogens is 6. The average molecular weight is 695 g/mol. The maximum Gasteiger partial charge on any atom is 0.405 e. The zero-order chi connectivity index (χ0) is 35.7. The first-order chi connectivity index (χ1) is 23.1. The molecule has 2 N–H and O–H groups in total. The summed E-state index contributed by atoms with van der Waals surface area (Å²) in [4.78, 5) is 36.1. The van der Waals surface area contributed by atoms with E-state index in [-0.39, 0.29) is 40.3 Å². The van der Waals surface area contributed by atoms with E-state index in [1.807, 2.05) is 13.8 Å². The molecule has 3 aromatic heterocycles. The summed E-state index contributed by atoms with van der Waals surface area (Å²) in [7, 11) is 0. The molecule has 270 valence electrons. The molecule has 10 nitrogen and oxygen atoms in total. The van der Waals surface area contributed by atoms with Crippen molar-refractivity contribution in [3.8, 4) is 0 Å². The minimum Gasteiger partial charge on any atom is -0.346 e. The average Bonchev–Trinajstić information content (AvgIpc) is 3.98. The van der Waals surface area contributed by atoms with Gasteiger partial charge in [0, 0.05) is 18.9 Å². The van der Waals surface area contributed by atoms with Gasteiger partial charge in [-0.1, -0.05) is 33.6 Å². The van der Waals surface area contributed by atoms with Gasteiger partial charge in [0.1, 0.15) is 6.54 Å². The lowest BCUT2D eigenvalue weighted by molar-refractivity contribution is -0.139. The Hall–Kier alpha value is -3.65. The third-order valence-electron chi connectivity index (χ3n) is 10.3. The van der Waals surface area contributed by atoms with Crippen molar-refractivity contribution in [1.29, 1.82) is 0 Å². The van der Waals surface area contributed by atoms with Crippen molar-refractivity contribution >= 4 is 17.5 Å². The van der Waals surface area contributed by atoms with Crippen LogP contribution in [0.15, 0.2) is 18.5 Å². The second-order valence-corrected chi connectivity index (χ2v) is 14.4. The lowest BCUT2D eigenvalue weighted by Gasteiger charge is -2.27. The van der Waals surface area contributed by atoms with E-state index in [4.69, 9.17) is 15.1 Å². The number of nitrogens with zero attached hydrogens (tertiary/aromatic N) is 6. The van der Waals surface area contributed by atoms with Gasteiger partial charge in [0.2, 0.25) is 18.2 Å². The van der Waals surface area contributed by atoms with E-state index in [0.717, 1.165) is 44.9 Å². The fraction of sp³-hybridized carbons (Fsp3) is 0.706. The van der Waals surface area contributed by atoms with Gasteiger partial charge in [-0.15, -0.1) is 0 Å². The number of alkyl halides is 5. The number of nitrogens with one attached hydrogen (secondary N) is 2. The Balaban J connectivity index is 1.44. The summed E-state index contributed by atoms with van der Waals surface area (Å²) in [5.74, 6) is -1.36. The molecule has 0 saturated heterocycles. The number of carbonyl (C=O) groups excluding carboxylic acids is 2. The molecule has 0 aliphatic heterocycles. The summed E-state index contributed by atoms with van der Waals surface area (Å²) in [5, 5.41) is 13.9. The van der Waals surface area contributed by atoms with Crippen LogP contribution in [0.4, 0.5) is 22.0 Å². The smallest absolute Gasteiger partial charge is 0.346 e. The first kappa shape index (κ1) is 36.6. The first-order valence-corrected chi connectivity index (χ1v) is 17.4. The molecule has 2 saturated carbocycles. The summed E-state index contributed by atoms with van der Waals surface area (Å²) in [6.45, 7) is 8.85. The number of aryl methyl sites for hydroxylation is 1. The molecule has 3 aromatic rings. The second kappa shape index (κ2) is 14.7. The van der Waals surface area contributed by atoms with Crippen molar-refractivity contribution in [2.45, 2.75) is 123 Å². The van der Waals surface area contributed by atoms with E-state index >= 15 is 0 Å². The van der Waals surface area contributed by atoms with Crippen molar-refractivity contribution in [3.05, 3.63) is 41.4 Å².